The number of benzene rings is 1. The third-order valence-corrected chi connectivity index (χ3v) is 5.26. The van der Waals surface area contributed by atoms with Crippen molar-refractivity contribution in [2.75, 3.05) is 24.5 Å². The van der Waals surface area contributed by atoms with Gasteiger partial charge in [-0.2, -0.15) is 0 Å². The molecule has 2 nitrogen and oxygen atoms in total. The predicted octanol–water partition coefficient (Wildman–Crippen LogP) is 4.86. The van der Waals surface area contributed by atoms with Crippen molar-refractivity contribution in [1.29, 1.82) is 0 Å². The van der Waals surface area contributed by atoms with Gasteiger partial charge in [-0.05, 0) is 42.9 Å². The van der Waals surface area contributed by atoms with Gasteiger partial charge in [0, 0.05) is 19.6 Å². The fraction of sp³-hybridized carbons (Fsp3) is 0.667. The number of para-hydroxylation sites is 1. The van der Waals surface area contributed by atoms with Gasteiger partial charge < -0.3 is 10.2 Å². The van der Waals surface area contributed by atoms with E-state index in [2.05, 4.69) is 43.1 Å². The molecule has 1 aromatic rings. The zero-order valence-corrected chi connectivity index (χ0v) is 14.5. The van der Waals surface area contributed by atoms with Crippen molar-refractivity contribution in [3.63, 3.8) is 0 Å². The van der Waals surface area contributed by atoms with E-state index in [-0.39, 0.29) is 0 Å². The van der Waals surface area contributed by atoms with E-state index in [1.807, 2.05) is 6.07 Å². The van der Waals surface area contributed by atoms with Crippen molar-refractivity contribution in [1.82, 2.24) is 5.32 Å². The average molecular weight is 309 g/mol. The highest BCUT2D eigenvalue weighted by molar-refractivity contribution is 6.33. The minimum Gasteiger partial charge on any atom is -0.370 e. The number of rotatable bonds is 6. The Morgan fingerprint density at radius 3 is 2.57 bits per heavy atom. The Bertz CT molecular complexity index is 451. The Labute approximate surface area is 134 Å². The van der Waals surface area contributed by atoms with E-state index in [1.165, 1.54) is 30.5 Å². The second-order valence-electron chi connectivity index (χ2n) is 6.58. The molecule has 1 N–H and O–H groups in total. The molecule has 2 rings (SSSR count). The molecule has 1 heterocycles. The molecule has 3 heteroatoms. The van der Waals surface area contributed by atoms with Gasteiger partial charge in [0.05, 0.1) is 10.7 Å². The summed E-state index contributed by atoms with van der Waals surface area (Å²) in [5.41, 5.74) is 3.09. The van der Waals surface area contributed by atoms with Crippen molar-refractivity contribution < 1.29 is 0 Å². The summed E-state index contributed by atoms with van der Waals surface area (Å²) in [5.74, 6) is 0. The van der Waals surface area contributed by atoms with Crippen LogP contribution in [0.2, 0.25) is 5.02 Å². The second-order valence-corrected chi connectivity index (χ2v) is 6.98. The molecule has 0 amide bonds. The van der Waals surface area contributed by atoms with Gasteiger partial charge in [0.2, 0.25) is 0 Å². The van der Waals surface area contributed by atoms with Gasteiger partial charge >= 0.3 is 0 Å². The molecule has 21 heavy (non-hydrogen) atoms. The molecule has 1 aliphatic heterocycles. The van der Waals surface area contributed by atoms with E-state index in [0.717, 1.165) is 37.6 Å². The molecular weight excluding hydrogens is 280 g/mol. The molecule has 0 atom stereocenters. The van der Waals surface area contributed by atoms with Crippen LogP contribution in [0.15, 0.2) is 18.2 Å². The number of halogens is 1. The van der Waals surface area contributed by atoms with Crippen LogP contribution in [0.4, 0.5) is 5.69 Å². The molecule has 0 aliphatic carbocycles. The van der Waals surface area contributed by atoms with Gasteiger partial charge in [0.1, 0.15) is 0 Å². The average Bonchev–Trinajstić information content (AvgIpc) is 2.49. The fourth-order valence-electron chi connectivity index (χ4n) is 3.08. The number of nitrogens with zero attached hydrogens (tertiary/aromatic N) is 1. The molecular formula is C18H29ClN2. The molecule has 0 unspecified atom stereocenters. The first-order chi connectivity index (χ1) is 10.1. The van der Waals surface area contributed by atoms with Crippen molar-refractivity contribution in [2.24, 2.45) is 5.41 Å². The number of hydrogen-bond donors (Lipinski definition) is 1. The molecule has 0 bridgehead atoms. The first-order valence-corrected chi connectivity index (χ1v) is 8.70. The lowest BCUT2D eigenvalue weighted by Gasteiger charge is -2.41. The first-order valence-electron chi connectivity index (χ1n) is 8.32. The zero-order chi connectivity index (χ0) is 15.3. The minimum atomic E-state index is 0.512. The molecule has 1 aromatic carbocycles. The minimum absolute atomic E-state index is 0.512. The third-order valence-electron chi connectivity index (χ3n) is 4.95. The lowest BCUT2D eigenvalue weighted by molar-refractivity contribution is 0.238. The Balaban J connectivity index is 2.12. The maximum Gasteiger partial charge on any atom is 0.0642 e. The molecule has 118 valence electrons. The molecule has 0 saturated carbocycles. The molecule has 0 radical (unpaired) electrons. The van der Waals surface area contributed by atoms with Crippen LogP contribution in [0.1, 0.15) is 52.0 Å². The van der Waals surface area contributed by atoms with Gasteiger partial charge in [-0.1, -0.05) is 50.9 Å². The summed E-state index contributed by atoms with van der Waals surface area (Å²) in [5, 5.41) is 4.39. The van der Waals surface area contributed by atoms with Gasteiger partial charge in [-0.25, -0.2) is 0 Å². The summed E-state index contributed by atoms with van der Waals surface area (Å²) in [6.07, 6.45) is 4.95. The second kappa shape index (κ2) is 7.51. The normalized spacial score (nSPS) is 18.0. The quantitative estimate of drug-likeness (QED) is 0.755. The lowest BCUT2D eigenvalue weighted by Crippen LogP contribution is -2.39. The van der Waals surface area contributed by atoms with E-state index in [1.54, 1.807) is 0 Å². The Morgan fingerprint density at radius 2 is 1.95 bits per heavy atom. The summed E-state index contributed by atoms with van der Waals surface area (Å²) in [7, 11) is 0. The maximum atomic E-state index is 6.51. The Hall–Kier alpha value is -0.730. The summed E-state index contributed by atoms with van der Waals surface area (Å²) in [6, 6.07) is 6.29. The highest BCUT2D eigenvalue weighted by Gasteiger charge is 2.29. The van der Waals surface area contributed by atoms with E-state index in [9.17, 15) is 0 Å². The highest BCUT2D eigenvalue weighted by Crippen LogP contribution is 2.38. The largest absolute Gasteiger partial charge is 0.370 e. The van der Waals surface area contributed by atoms with Crippen LogP contribution in [0.5, 0.6) is 0 Å². The van der Waals surface area contributed by atoms with Crippen molar-refractivity contribution in [3.05, 3.63) is 28.8 Å². The van der Waals surface area contributed by atoms with Crippen LogP contribution in [-0.4, -0.2) is 19.6 Å². The van der Waals surface area contributed by atoms with Crippen LogP contribution in [0.3, 0.4) is 0 Å². The monoisotopic (exact) mass is 308 g/mol. The van der Waals surface area contributed by atoms with Gasteiger partial charge in [-0.3, -0.25) is 0 Å². The number of hydrogen-bond acceptors (Lipinski definition) is 2. The van der Waals surface area contributed by atoms with Crippen LogP contribution in [-0.2, 0) is 6.54 Å². The molecule has 1 aliphatic rings. The summed E-state index contributed by atoms with van der Waals surface area (Å²) in [6.45, 7) is 11.1. The summed E-state index contributed by atoms with van der Waals surface area (Å²) < 4.78 is 0. The summed E-state index contributed by atoms with van der Waals surface area (Å²) >= 11 is 6.51. The topological polar surface area (TPSA) is 15.3 Å². The smallest absolute Gasteiger partial charge is 0.0642 e. The van der Waals surface area contributed by atoms with E-state index >= 15 is 0 Å². The number of anilines is 1. The Kier molecular flexibility index (Phi) is 5.95. The Morgan fingerprint density at radius 1 is 1.24 bits per heavy atom. The lowest BCUT2D eigenvalue weighted by atomic mass is 9.78. The predicted molar refractivity (Wildman–Crippen MR) is 93.3 cm³/mol. The van der Waals surface area contributed by atoms with Gasteiger partial charge in [0.25, 0.3) is 0 Å². The van der Waals surface area contributed by atoms with Crippen LogP contribution >= 0.6 is 11.6 Å². The standard InChI is InChI=1S/C18H29ClN2/c1-4-11-20-14-15-7-6-8-16(19)17(15)21-12-9-18(3,5-2)10-13-21/h6-8,20H,4-5,9-14H2,1-3H3. The van der Waals surface area contributed by atoms with Crippen LogP contribution in [0, 0.1) is 5.41 Å². The number of nitrogens with one attached hydrogen (secondary N) is 1. The van der Waals surface area contributed by atoms with Crippen molar-refractivity contribution in [3.8, 4) is 0 Å². The van der Waals surface area contributed by atoms with E-state index in [0.29, 0.717) is 5.41 Å². The van der Waals surface area contributed by atoms with E-state index < -0.39 is 0 Å². The van der Waals surface area contributed by atoms with Crippen LogP contribution < -0.4 is 10.2 Å². The highest BCUT2D eigenvalue weighted by atomic mass is 35.5. The molecule has 1 saturated heterocycles. The molecule has 0 aromatic heterocycles. The van der Waals surface area contributed by atoms with Gasteiger partial charge in [0.15, 0.2) is 0 Å². The van der Waals surface area contributed by atoms with Crippen molar-refractivity contribution in [2.45, 2.75) is 53.0 Å². The third kappa shape index (κ3) is 4.14. The first kappa shape index (κ1) is 16.6. The zero-order valence-electron chi connectivity index (χ0n) is 13.7. The maximum absolute atomic E-state index is 6.51. The fourth-order valence-corrected chi connectivity index (χ4v) is 3.39. The van der Waals surface area contributed by atoms with Crippen molar-refractivity contribution >= 4 is 17.3 Å². The molecule has 0 spiro atoms. The molecule has 1 fully saturated rings. The van der Waals surface area contributed by atoms with Crippen LogP contribution in [0.25, 0.3) is 0 Å². The van der Waals surface area contributed by atoms with E-state index in [4.69, 9.17) is 11.6 Å². The SMILES string of the molecule is CCCNCc1cccc(Cl)c1N1CCC(C)(CC)CC1. The summed E-state index contributed by atoms with van der Waals surface area (Å²) in [4.78, 5) is 2.49. The number of piperidine rings is 1. The van der Waals surface area contributed by atoms with Gasteiger partial charge in [-0.15, -0.1) is 0 Å².